The van der Waals surface area contributed by atoms with Crippen LogP contribution in [0, 0.1) is 11.2 Å². The quantitative estimate of drug-likeness (QED) is 0.268. The van der Waals surface area contributed by atoms with Crippen molar-refractivity contribution in [1.82, 2.24) is 14.9 Å². The molecule has 13 heteroatoms. The monoisotopic (exact) mass is 602 g/mol. The van der Waals surface area contributed by atoms with Crippen molar-refractivity contribution in [1.29, 1.82) is 0 Å². The van der Waals surface area contributed by atoms with Crippen LogP contribution in [0.1, 0.15) is 94.9 Å². The lowest BCUT2D eigenvalue weighted by Gasteiger charge is -2.41. The van der Waals surface area contributed by atoms with Crippen LogP contribution < -0.4 is 16.4 Å². The Hall–Kier alpha value is -3.93. The van der Waals surface area contributed by atoms with Crippen LogP contribution in [0.2, 0.25) is 5.02 Å². The number of benzene rings is 1. The first-order valence-electron chi connectivity index (χ1n) is 13.6. The van der Waals surface area contributed by atoms with Gasteiger partial charge in [-0.05, 0) is 58.4 Å². The molecule has 1 aliphatic carbocycles. The number of halogens is 2. The lowest BCUT2D eigenvalue weighted by molar-refractivity contribution is -0.115. The maximum Gasteiger partial charge on any atom is 0.413 e. The molecular formula is C29H36ClFN6O5. The van der Waals surface area contributed by atoms with Gasteiger partial charge in [-0.3, -0.25) is 20.2 Å². The lowest BCUT2D eigenvalue weighted by Crippen LogP contribution is -2.29. The number of nitrogens with zero attached hydrogens (tertiary/aromatic N) is 3. The number of carbonyl (C=O) groups is 3. The Morgan fingerprint density at radius 2 is 1.90 bits per heavy atom. The van der Waals surface area contributed by atoms with Crippen molar-refractivity contribution in [3.05, 3.63) is 45.9 Å². The van der Waals surface area contributed by atoms with E-state index in [-0.39, 0.29) is 62.9 Å². The molecule has 1 aromatic carbocycles. The molecule has 3 aromatic rings. The van der Waals surface area contributed by atoms with Crippen molar-refractivity contribution in [2.45, 2.75) is 85.3 Å². The van der Waals surface area contributed by atoms with Gasteiger partial charge in [0.1, 0.15) is 28.5 Å². The van der Waals surface area contributed by atoms with Gasteiger partial charge in [0, 0.05) is 23.6 Å². The number of anilines is 2. The highest BCUT2D eigenvalue weighted by Crippen LogP contribution is 2.50. The Labute approximate surface area is 248 Å². The predicted molar refractivity (Wildman–Crippen MR) is 156 cm³/mol. The number of nitrogens with two attached hydrogens (primary N) is 1. The van der Waals surface area contributed by atoms with Crippen molar-refractivity contribution < 1.29 is 28.0 Å². The van der Waals surface area contributed by atoms with E-state index in [1.807, 2.05) is 0 Å². The molecule has 3 amide bonds. The van der Waals surface area contributed by atoms with Crippen LogP contribution >= 0.6 is 11.6 Å². The van der Waals surface area contributed by atoms with E-state index in [9.17, 15) is 14.4 Å². The lowest BCUT2D eigenvalue weighted by atomic mass is 9.63. The fourth-order valence-electron chi connectivity index (χ4n) is 5.04. The summed E-state index contributed by atoms with van der Waals surface area (Å²) in [6.45, 7) is 13.0. The minimum absolute atomic E-state index is 0.0118. The Balaban J connectivity index is 1.57. The van der Waals surface area contributed by atoms with E-state index in [0.29, 0.717) is 0 Å². The van der Waals surface area contributed by atoms with Gasteiger partial charge in [0.25, 0.3) is 5.91 Å². The first-order chi connectivity index (χ1) is 19.5. The molecule has 0 aliphatic heterocycles. The molecule has 226 valence electrons. The summed E-state index contributed by atoms with van der Waals surface area (Å²) in [4.78, 5) is 37.8. The molecule has 1 aliphatic rings. The maximum absolute atomic E-state index is 15.5. The van der Waals surface area contributed by atoms with Gasteiger partial charge in [0.05, 0.1) is 17.1 Å². The summed E-state index contributed by atoms with van der Waals surface area (Å²) < 4.78 is 27.4. The second kappa shape index (κ2) is 11.4. The first-order valence-corrected chi connectivity index (χ1v) is 14.0. The number of primary amides is 1. The van der Waals surface area contributed by atoms with Crippen molar-refractivity contribution >= 4 is 41.2 Å². The Morgan fingerprint density at radius 1 is 1.24 bits per heavy atom. The third-order valence-electron chi connectivity index (χ3n) is 6.84. The fourth-order valence-corrected chi connectivity index (χ4v) is 5.31. The van der Waals surface area contributed by atoms with Gasteiger partial charge in [0.15, 0.2) is 0 Å². The zero-order valence-electron chi connectivity index (χ0n) is 24.7. The van der Waals surface area contributed by atoms with Crippen molar-refractivity contribution in [3.63, 3.8) is 0 Å². The van der Waals surface area contributed by atoms with E-state index < -0.39 is 29.3 Å². The Bertz CT molecular complexity index is 1530. The van der Waals surface area contributed by atoms with Gasteiger partial charge in [0.2, 0.25) is 11.8 Å². The molecule has 0 unspecified atom stereocenters. The van der Waals surface area contributed by atoms with Gasteiger partial charge < -0.3 is 15.0 Å². The topological polar surface area (TPSA) is 154 Å². The average Bonchev–Trinajstić information content (AvgIpc) is 3.44. The second-order valence-electron chi connectivity index (χ2n) is 12.6. The highest BCUT2D eigenvalue weighted by atomic mass is 35.5. The SMILES string of the molecule is CC(C)n1nc(-c2ccc(CC(=O)Nc3cc(C4CC(C)(C)C4)no3)c(F)c2Cl)c(C(N)=O)c1NC(=O)OC(C)(C)C. The highest BCUT2D eigenvalue weighted by Gasteiger charge is 2.38. The molecule has 0 bridgehead atoms. The molecule has 1 saturated carbocycles. The minimum atomic E-state index is -0.917. The van der Waals surface area contributed by atoms with Crippen LogP contribution in [0.25, 0.3) is 11.3 Å². The van der Waals surface area contributed by atoms with E-state index in [1.165, 1.54) is 16.8 Å². The van der Waals surface area contributed by atoms with E-state index in [2.05, 4.69) is 34.7 Å². The average molecular weight is 603 g/mol. The molecule has 1 fully saturated rings. The zero-order chi connectivity index (χ0) is 31.1. The van der Waals surface area contributed by atoms with E-state index in [0.717, 1.165) is 18.5 Å². The number of nitrogens with one attached hydrogen (secondary N) is 2. The Kier molecular flexibility index (Phi) is 8.41. The number of rotatable bonds is 8. The third-order valence-corrected chi connectivity index (χ3v) is 7.21. The molecule has 4 rings (SSSR count). The molecular weight excluding hydrogens is 567 g/mol. The van der Waals surface area contributed by atoms with Gasteiger partial charge in [-0.25, -0.2) is 13.9 Å². The number of aromatic nitrogens is 3. The van der Waals surface area contributed by atoms with Crippen LogP contribution in [-0.2, 0) is 16.0 Å². The molecule has 2 aromatic heterocycles. The summed E-state index contributed by atoms with van der Waals surface area (Å²) in [5.74, 6) is -1.87. The fraction of sp³-hybridized carbons (Fsp3) is 0.483. The van der Waals surface area contributed by atoms with Crippen LogP contribution in [0.4, 0.5) is 20.9 Å². The molecule has 0 saturated heterocycles. The molecule has 0 spiro atoms. The minimum Gasteiger partial charge on any atom is -0.444 e. The summed E-state index contributed by atoms with van der Waals surface area (Å²) in [6, 6.07) is 4.17. The smallest absolute Gasteiger partial charge is 0.413 e. The maximum atomic E-state index is 15.5. The normalized spacial score (nSPS) is 14.9. The summed E-state index contributed by atoms with van der Waals surface area (Å²) in [5.41, 5.74) is 5.78. The predicted octanol–water partition coefficient (Wildman–Crippen LogP) is 6.44. The number of hydrogen-bond donors (Lipinski definition) is 3. The zero-order valence-corrected chi connectivity index (χ0v) is 25.5. The third kappa shape index (κ3) is 6.75. The number of carbonyl (C=O) groups excluding carboxylic acids is 3. The standard InChI is InChI=1S/C29H36ClFN6O5/c1-14(2)37-26(34-27(40)41-28(3,4)5)21(25(32)39)24(35-37)17-9-8-15(23(31)22(17)30)10-19(38)33-20-11-18(36-42-20)16-12-29(6,7)13-16/h8-9,11,14,16H,10,12-13H2,1-7H3,(H2,32,39)(H,33,38)(H,34,40). The molecule has 4 N–H and O–H groups in total. The van der Waals surface area contributed by atoms with Crippen LogP contribution in [0.15, 0.2) is 22.7 Å². The largest absolute Gasteiger partial charge is 0.444 e. The molecule has 0 radical (unpaired) electrons. The molecule has 2 heterocycles. The van der Waals surface area contributed by atoms with Crippen molar-refractivity contribution in [3.8, 4) is 11.3 Å². The van der Waals surface area contributed by atoms with Crippen LogP contribution in [0.5, 0.6) is 0 Å². The first kappa shape index (κ1) is 31.0. The molecule has 0 atom stereocenters. The summed E-state index contributed by atoms with van der Waals surface area (Å²) in [6.07, 6.45) is 0.794. The van der Waals surface area contributed by atoms with Gasteiger partial charge in [-0.2, -0.15) is 5.10 Å². The van der Waals surface area contributed by atoms with Gasteiger partial charge in [-0.15, -0.1) is 0 Å². The highest BCUT2D eigenvalue weighted by molar-refractivity contribution is 6.33. The Morgan fingerprint density at radius 3 is 2.48 bits per heavy atom. The van der Waals surface area contributed by atoms with Gasteiger partial charge in [-0.1, -0.05) is 42.7 Å². The van der Waals surface area contributed by atoms with Crippen LogP contribution in [0.3, 0.4) is 0 Å². The number of amides is 3. The number of ether oxygens (including phenoxy) is 1. The van der Waals surface area contributed by atoms with E-state index >= 15 is 4.39 Å². The molecule has 11 nitrogen and oxygen atoms in total. The van der Waals surface area contributed by atoms with Crippen LogP contribution in [-0.4, -0.2) is 38.4 Å². The van der Waals surface area contributed by atoms with Crippen molar-refractivity contribution in [2.75, 3.05) is 10.6 Å². The van der Waals surface area contributed by atoms with Crippen molar-refractivity contribution in [2.24, 2.45) is 11.1 Å². The van der Waals surface area contributed by atoms with Gasteiger partial charge >= 0.3 is 6.09 Å². The summed E-state index contributed by atoms with van der Waals surface area (Å²) in [5, 5.41) is 13.3. The summed E-state index contributed by atoms with van der Waals surface area (Å²) >= 11 is 6.42. The van der Waals surface area contributed by atoms with E-state index in [4.69, 9.17) is 26.6 Å². The van der Waals surface area contributed by atoms with E-state index in [1.54, 1.807) is 40.7 Å². The second-order valence-corrected chi connectivity index (χ2v) is 13.0. The summed E-state index contributed by atoms with van der Waals surface area (Å²) in [7, 11) is 0. The molecule has 42 heavy (non-hydrogen) atoms. The number of hydrogen-bond acceptors (Lipinski definition) is 7.